The summed E-state index contributed by atoms with van der Waals surface area (Å²) in [6, 6.07) is 13.6. The van der Waals surface area contributed by atoms with Crippen LogP contribution in [0.15, 0.2) is 57.9 Å². The number of nitrogens with one attached hydrogen (secondary N) is 1. The number of fused-ring (bicyclic) bond motifs is 1. The van der Waals surface area contributed by atoms with Crippen molar-refractivity contribution in [3.63, 3.8) is 0 Å². The highest BCUT2D eigenvalue weighted by molar-refractivity contribution is 7.89. The van der Waals surface area contributed by atoms with Crippen molar-refractivity contribution in [2.45, 2.75) is 24.9 Å². The van der Waals surface area contributed by atoms with Crippen LogP contribution in [0.3, 0.4) is 0 Å². The Hall–Kier alpha value is -3.24. The van der Waals surface area contributed by atoms with Crippen molar-refractivity contribution in [2.75, 3.05) is 11.5 Å². The summed E-state index contributed by atoms with van der Waals surface area (Å²) in [5.41, 5.74) is 1.17. The number of rotatable bonds is 6. The second-order valence-electron chi connectivity index (χ2n) is 6.44. The third kappa shape index (κ3) is 4.13. The van der Waals surface area contributed by atoms with Gasteiger partial charge in [-0.3, -0.25) is 9.69 Å². The first-order valence-corrected chi connectivity index (χ1v) is 10.3. The van der Waals surface area contributed by atoms with E-state index in [1.807, 2.05) is 30.3 Å². The monoisotopic (exact) mass is 414 g/mol. The van der Waals surface area contributed by atoms with Crippen LogP contribution >= 0.6 is 0 Å². The number of benzene rings is 2. The van der Waals surface area contributed by atoms with E-state index in [1.165, 1.54) is 23.1 Å². The standard InChI is InChI=1S/C19H18N4O5S/c1-13-21-18(22-28-13)11-23-16-9-15(7-8-17(16)27-12-19(23)24)29(25,26)20-10-14-5-3-2-4-6-14/h2-9,20H,10-12H2,1H3. The Morgan fingerprint density at radius 2 is 1.97 bits per heavy atom. The smallest absolute Gasteiger partial charge is 0.265 e. The molecule has 29 heavy (non-hydrogen) atoms. The molecule has 1 aliphatic rings. The van der Waals surface area contributed by atoms with Crippen molar-refractivity contribution >= 4 is 21.6 Å². The molecule has 1 aromatic heterocycles. The lowest BCUT2D eigenvalue weighted by atomic mass is 10.2. The second kappa shape index (κ2) is 7.64. The number of carbonyl (C=O) groups is 1. The maximum atomic E-state index is 12.7. The Kier molecular flexibility index (Phi) is 5.03. The number of anilines is 1. The van der Waals surface area contributed by atoms with E-state index >= 15 is 0 Å². The number of amides is 1. The third-order valence-electron chi connectivity index (χ3n) is 4.36. The van der Waals surface area contributed by atoms with Gasteiger partial charge in [0.1, 0.15) is 5.75 Å². The normalized spacial score (nSPS) is 13.8. The Bertz CT molecular complexity index is 1140. The molecule has 150 valence electrons. The minimum absolute atomic E-state index is 0.0276. The number of ether oxygens (including phenoxy) is 1. The van der Waals surface area contributed by atoms with Crippen LogP contribution in [-0.2, 0) is 27.9 Å². The zero-order chi connectivity index (χ0) is 20.4. The first-order chi connectivity index (χ1) is 13.9. The van der Waals surface area contributed by atoms with Crippen LogP contribution in [0.5, 0.6) is 5.75 Å². The molecule has 1 N–H and O–H groups in total. The molecule has 0 aliphatic carbocycles. The molecule has 0 saturated carbocycles. The molecule has 4 rings (SSSR count). The number of aryl methyl sites for hydroxylation is 1. The molecule has 0 spiro atoms. The lowest BCUT2D eigenvalue weighted by molar-refractivity contribution is -0.121. The summed E-state index contributed by atoms with van der Waals surface area (Å²) >= 11 is 0. The first kappa shape index (κ1) is 19.1. The molecule has 10 heteroatoms. The molecule has 2 aromatic carbocycles. The van der Waals surface area contributed by atoms with Crippen LogP contribution in [0.25, 0.3) is 0 Å². The van der Waals surface area contributed by atoms with Gasteiger partial charge in [0.05, 0.1) is 17.1 Å². The number of carbonyl (C=O) groups excluding carboxylic acids is 1. The van der Waals surface area contributed by atoms with Gasteiger partial charge in [-0.15, -0.1) is 0 Å². The summed E-state index contributed by atoms with van der Waals surface area (Å²) in [5, 5.41) is 3.80. The third-order valence-corrected chi connectivity index (χ3v) is 5.76. The highest BCUT2D eigenvalue weighted by Crippen LogP contribution is 2.35. The maximum Gasteiger partial charge on any atom is 0.265 e. The van der Waals surface area contributed by atoms with E-state index in [-0.39, 0.29) is 30.5 Å². The van der Waals surface area contributed by atoms with E-state index in [1.54, 1.807) is 6.92 Å². The van der Waals surface area contributed by atoms with Crippen LogP contribution in [0.2, 0.25) is 0 Å². The van der Waals surface area contributed by atoms with Gasteiger partial charge in [0, 0.05) is 13.5 Å². The van der Waals surface area contributed by atoms with Gasteiger partial charge in [0.15, 0.2) is 12.4 Å². The minimum Gasteiger partial charge on any atom is -0.482 e. The number of nitrogens with zero attached hydrogens (tertiary/aromatic N) is 3. The van der Waals surface area contributed by atoms with E-state index in [2.05, 4.69) is 14.9 Å². The largest absolute Gasteiger partial charge is 0.482 e. The Labute approximate surface area is 167 Å². The lowest BCUT2D eigenvalue weighted by Gasteiger charge is -2.28. The summed E-state index contributed by atoms with van der Waals surface area (Å²) in [4.78, 5) is 17.9. The zero-order valence-electron chi connectivity index (χ0n) is 15.5. The van der Waals surface area contributed by atoms with Gasteiger partial charge in [-0.05, 0) is 23.8 Å². The van der Waals surface area contributed by atoms with Crippen molar-refractivity contribution in [2.24, 2.45) is 0 Å². The minimum atomic E-state index is -3.79. The number of aromatic nitrogens is 2. The van der Waals surface area contributed by atoms with Crippen molar-refractivity contribution < 1.29 is 22.5 Å². The predicted molar refractivity (Wildman–Crippen MR) is 103 cm³/mol. The number of hydrogen-bond acceptors (Lipinski definition) is 7. The van der Waals surface area contributed by atoms with Gasteiger partial charge >= 0.3 is 0 Å². The summed E-state index contributed by atoms with van der Waals surface area (Å²) < 4.78 is 38.4. The molecule has 2 heterocycles. The molecule has 0 fully saturated rings. The zero-order valence-corrected chi connectivity index (χ0v) is 16.3. The fourth-order valence-electron chi connectivity index (χ4n) is 2.93. The molecular formula is C19H18N4O5S. The topological polar surface area (TPSA) is 115 Å². The number of sulfonamides is 1. The van der Waals surface area contributed by atoms with Gasteiger partial charge in [-0.2, -0.15) is 4.98 Å². The van der Waals surface area contributed by atoms with Crippen LogP contribution in [0, 0.1) is 6.92 Å². The average molecular weight is 414 g/mol. The summed E-state index contributed by atoms with van der Waals surface area (Å²) in [6.45, 7) is 1.70. The molecule has 1 amide bonds. The van der Waals surface area contributed by atoms with E-state index < -0.39 is 10.0 Å². The van der Waals surface area contributed by atoms with E-state index in [4.69, 9.17) is 9.26 Å². The van der Waals surface area contributed by atoms with Crippen molar-refractivity contribution in [3.05, 3.63) is 65.8 Å². The predicted octanol–water partition coefficient (Wildman–Crippen LogP) is 1.78. The number of hydrogen-bond donors (Lipinski definition) is 1. The second-order valence-corrected chi connectivity index (χ2v) is 8.20. The summed E-state index contributed by atoms with van der Waals surface area (Å²) in [5.74, 6) is 0.778. The quantitative estimate of drug-likeness (QED) is 0.654. The lowest BCUT2D eigenvalue weighted by Crippen LogP contribution is -2.38. The van der Waals surface area contributed by atoms with Gasteiger partial charge in [-0.1, -0.05) is 35.5 Å². The molecule has 0 bridgehead atoms. The van der Waals surface area contributed by atoms with Crippen molar-refractivity contribution in [1.29, 1.82) is 0 Å². The molecule has 0 atom stereocenters. The molecule has 0 unspecified atom stereocenters. The summed E-state index contributed by atoms with van der Waals surface area (Å²) in [6.07, 6.45) is 0. The molecule has 0 radical (unpaired) electrons. The van der Waals surface area contributed by atoms with Crippen LogP contribution < -0.4 is 14.4 Å². The molecule has 3 aromatic rings. The molecule has 9 nitrogen and oxygen atoms in total. The average Bonchev–Trinajstić information content (AvgIpc) is 3.14. The van der Waals surface area contributed by atoms with Crippen molar-refractivity contribution in [1.82, 2.24) is 14.9 Å². The van der Waals surface area contributed by atoms with Gasteiger partial charge in [-0.25, -0.2) is 13.1 Å². The molecule has 1 aliphatic heterocycles. The Balaban J connectivity index is 1.61. The Morgan fingerprint density at radius 3 is 2.69 bits per heavy atom. The maximum absolute atomic E-state index is 12.7. The van der Waals surface area contributed by atoms with E-state index in [0.717, 1.165) is 5.56 Å². The van der Waals surface area contributed by atoms with Crippen LogP contribution in [0.4, 0.5) is 5.69 Å². The highest BCUT2D eigenvalue weighted by atomic mass is 32.2. The SMILES string of the molecule is Cc1nc(CN2C(=O)COc3ccc(S(=O)(=O)NCc4ccccc4)cc32)no1. The van der Waals surface area contributed by atoms with Gasteiger partial charge in [0.25, 0.3) is 5.91 Å². The highest BCUT2D eigenvalue weighted by Gasteiger charge is 2.29. The van der Waals surface area contributed by atoms with E-state index in [9.17, 15) is 13.2 Å². The van der Waals surface area contributed by atoms with Crippen LogP contribution in [-0.4, -0.2) is 31.1 Å². The summed E-state index contributed by atoms with van der Waals surface area (Å²) in [7, 11) is -3.79. The fourth-order valence-corrected chi connectivity index (χ4v) is 3.96. The van der Waals surface area contributed by atoms with Gasteiger partial charge < -0.3 is 9.26 Å². The van der Waals surface area contributed by atoms with E-state index in [0.29, 0.717) is 23.2 Å². The fraction of sp³-hybridized carbons (Fsp3) is 0.211. The van der Waals surface area contributed by atoms with Crippen LogP contribution in [0.1, 0.15) is 17.3 Å². The van der Waals surface area contributed by atoms with Crippen molar-refractivity contribution in [3.8, 4) is 5.75 Å². The Morgan fingerprint density at radius 1 is 1.17 bits per heavy atom. The first-order valence-electron chi connectivity index (χ1n) is 8.82. The molecule has 0 saturated heterocycles. The van der Waals surface area contributed by atoms with Gasteiger partial charge in [0.2, 0.25) is 15.9 Å². The molecular weight excluding hydrogens is 396 g/mol.